The minimum absolute atomic E-state index is 0.142. The van der Waals surface area contributed by atoms with Gasteiger partial charge >= 0.3 is 0 Å². The number of aromatic nitrogens is 4. The predicted molar refractivity (Wildman–Crippen MR) is 106 cm³/mol. The molecule has 4 rings (SSSR count). The highest BCUT2D eigenvalue weighted by Gasteiger charge is 2.13. The number of fused-ring (bicyclic) bond motifs is 1. The minimum atomic E-state index is -0.142. The third kappa shape index (κ3) is 4.48. The molecule has 1 aliphatic heterocycles. The van der Waals surface area contributed by atoms with Gasteiger partial charge < -0.3 is 5.32 Å². The number of likely N-dealkylation sites (tertiary alicyclic amines) is 1. The van der Waals surface area contributed by atoms with Crippen LogP contribution in [0.1, 0.15) is 36.9 Å². The van der Waals surface area contributed by atoms with Crippen molar-refractivity contribution in [2.45, 2.75) is 38.8 Å². The lowest BCUT2D eigenvalue weighted by atomic mass is 10.2. The first kappa shape index (κ1) is 18.0. The lowest BCUT2D eigenvalue weighted by molar-refractivity contribution is 0.273. The van der Waals surface area contributed by atoms with Gasteiger partial charge in [0.25, 0.3) is 11.3 Å². The average Bonchev–Trinajstić information content (AvgIpc) is 2.90. The summed E-state index contributed by atoms with van der Waals surface area (Å²) in [6, 6.07) is 9.18. The van der Waals surface area contributed by atoms with Crippen LogP contribution < -0.4 is 10.9 Å². The first-order valence-electron chi connectivity index (χ1n) is 9.37. The topological polar surface area (TPSA) is 78.3 Å². The second-order valence-electron chi connectivity index (χ2n) is 6.96. The van der Waals surface area contributed by atoms with Gasteiger partial charge in [-0.05, 0) is 43.6 Å². The fraction of sp³-hybridized carbons (Fsp3) is 0.421. The van der Waals surface area contributed by atoms with Crippen molar-refractivity contribution in [2.24, 2.45) is 0 Å². The summed E-state index contributed by atoms with van der Waals surface area (Å²) in [6.07, 6.45) is 4.99. The molecule has 1 aliphatic rings. The van der Waals surface area contributed by atoms with Gasteiger partial charge in [0.1, 0.15) is 0 Å². The van der Waals surface area contributed by atoms with Crippen LogP contribution in [0.25, 0.3) is 5.78 Å². The molecule has 0 radical (unpaired) electrons. The monoisotopic (exact) mass is 386 g/mol. The Morgan fingerprint density at radius 1 is 1.07 bits per heavy atom. The second-order valence-corrected chi connectivity index (χ2v) is 7.40. The van der Waals surface area contributed by atoms with Gasteiger partial charge in [0.15, 0.2) is 0 Å². The Labute approximate surface area is 162 Å². The Kier molecular flexibility index (Phi) is 5.40. The van der Waals surface area contributed by atoms with Crippen LogP contribution in [-0.4, -0.2) is 37.6 Å². The van der Waals surface area contributed by atoms with Gasteiger partial charge in [0.05, 0.1) is 5.69 Å². The molecule has 7 nitrogen and oxygen atoms in total. The summed E-state index contributed by atoms with van der Waals surface area (Å²) in [5.74, 6) is 0.910. The summed E-state index contributed by atoms with van der Waals surface area (Å²) in [6.45, 7) is 3.41. The van der Waals surface area contributed by atoms with Crippen molar-refractivity contribution in [3.05, 3.63) is 57.0 Å². The van der Waals surface area contributed by atoms with E-state index in [2.05, 4.69) is 25.3 Å². The zero-order valence-corrected chi connectivity index (χ0v) is 15.9. The molecule has 8 heteroatoms. The second kappa shape index (κ2) is 8.10. The zero-order valence-electron chi connectivity index (χ0n) is 15.1. The number of nitrogens with zero attached hydrogens (tertiary/aromatic N) is 4. The van der Waals surface area contributed by atoms with Crippen LogP contribution in [0.3, 0.4) is 0 Å². The average molecular weight is 387 g/mol. The van der Waals surface area contributed by atoms with E-state index in [0.717, 1.165) is 24.3 Å². The van der Waals surface area contributed by atoms with Gasteiger partial charge in [0, 0.05) is 24.2 Å². The number of benzene rings is 1. The number of aromatic amines is 1. The van der Waals surface area contributed by atoms with E-state index in [4.69, 9.17) is 11.6 Å². The van der Waals surface area contributed by atoms with Gasteiger partial charge in [-0.25, -0.2) is 4.98 Å². The van der Waals surface area contributed by atoms with Crippen LogP contribution in [0.5, 0.6) is 0 Å². The summed E-state index contributed by atoms with van der Waals surface area (Å²) < 4.78 is 1.37. The standard InChI is InChI=1S/C19H23ClN6O/c20-15-7-5-14(6-8-15)12-21-18-23-19-22-16(11-17(27)26(19)24-18)13-25-9-3-1-2-4-10-25/h5-8,11H,1-4,9-10,12-13H2,(H2,21,22,23,24). The van der Waals surface area contributed by atoms with Crippen LogP contribution in [0.15, 0.2) is 35.1 Å². The lowest BCUT2D eigenvalue weighted by Gasteiger charge is -2.18. The van der Waals surface area contributed by atoms with Crippen LogP contribution in [-0.2, 0) is 13.1 Å². The van der Waals surface area contributed by atoms with Gasteiger partial charge in [-0.3, -0.25) is 14.8 Å². The van der Waals surface area contributed by atoms with Crippen molar-refractivity contribution < 1.29 is 0 Å². The molecule has 0 spiro atoms. The first-order valence-corrected chi connectivity index (χ1v) is 9.74. The molecule has 142 valence electrons. The van der Waals surface area contributed by atoms with Crippen LogP contribution in [0.2, 0.25) is 5.02 Å². The van der Waals surface area contributed by atoms with E-state index in [-0.39, 0.29) is 5.56 Å². The highest BCUT2D eigenvalue weighted by molar-refractivity contribution is 6.30. The normalized spacial score (nSPS) is 15.7. The molecule has 3 heterocycles. The maximum absolute atomic E-state index is 12.4. The molecule has 0 saturated carbocycles. The largest absolute Gasteiger partial charge is 0.351 e. The smallest absolute Gasteiger partial charge is 0.274 e. The number of hydrogen-bond acceptors (Lipinski definition) is 5. The summed E-state index contributed by atoms with van der Waals surface area (Å²) in [7, 11) is 0. The number of H-pyrrole nitrogens is 1. The predicted octanol–water partition coefficient (Wildman–Crippen LogP) is 3.06. The molecule has 2 N–H and O–H groups in total. The van der Waals surface area contributed by atoms with E-state index in [1.807, 2.05) is 24.3 Å². The third-order valence-corrected chi connectivity index (χ3v) is 5.09. The van der Waals surface area contributed by atoms with Crippen molar-refractivity contribution in [1.29, 1.82) is 0 Å². The Bertz CT molecular complexity index is 956. The van der Waals surface area contributed by atoms with Gasteiger partial charge in [-0.15, -0.1) is 0 Å². The maximum Gasteiger partial charge on any atom is 0.274 e. The molecule has 0 bridgehead atoms. The van der Waals surface area contributed by atoms with Crippen molar-refractivity contribution in [3.63, 3.8) is 0 Å². The Morgan fingerprint density at radius 3 is 2.56 bits per heavy atom. The summed E-state index contributed by atoms with van der Waals surface area (Å²) in [5, 5.41) is 6.86. The van der Waals surface area contributed by atoms with E-state index in [9.17, 15) is 4.79 Å². The Balaban J connectivity index is 1.48. The lowest BCUT2D eigenvalue weighted by Crippen LogP contribution is -2.26. The van der Waals surface area contributed by atoms with Gasteiger partial charge in [0.2, 0.25) is 5.95 Å². The van der Waals surface area contributed by atoms with Crippen molar-refractivity contribution in [1.82, 2.24) is 24.5 Å². The van der Waals surface area contributed by atoms with Crippen LogP contribution in [0, 0.1) is 0 Å². The highest BCUT2D eigenvalue weighted by Crippen LogP contribution is 2.13. The SMILES string of the molecule is O=c1cc(CN2CCCCCC2)nc2nc(NCc3ccc(Cl)cc3)[nH]n12. The molecule has 27 heavy (non-hydrogen) atoms. The molecular formula is C19H23ClN6O. The van der Waals surface area contributed by atoms with Gasteiger partial charge in [-0.2, -0.15) is 9.50 Å². The van der Waals surface area contributed by atoms with E-state index in [1.165, 1.54) is 30.2 Å². The summed E-state index contributed by atoms with van der Waals surface area (Å²) in [5.41, 5.74) is 1.71. The molecule has 1 saturated heterocycles. The fourth-order valence-electron chi connectivity index (χ4n) is 3.40. The Morgan fingerprint density at radius 2 is 1.81 bits per heavy atom. The Hall–Kier alpha value is -2.38. The zero-order chi connectivity index (χ0) is 18.6. The van der Waals surface area contributed by atoms with Crippen molar-refractivity contribution in [3.8, 4) is 0 Å². The van der Waals surface area contributed by atoms with Crippen LogP contribution >= 0.6 is 11.6 Å². The molecule has 1 fully saturated rings. The molecule has 0 aliphatic carbocycles. The summed E-state index contributed by atoms with van der Waals surface area (Å²) in [4.78, 5) is 23.8. The van der Waals surface area contributed by atoms with Crippen LogP contribution in [0.4, 0.5) is 5.95 Å². The van der Waals surface area contributed by atoms with E-state index >= 15 is 0 Å². The number of nitrogens with one attached hydrogen (secondary N) is 2. The van der Waals surface area contributed by atoms with Gasteiger partial charge in [-0.1, -0.05) is 36.6 Å². The molecule has 0 unspecified atom stereocenters. The summed E-state index contributed by atoms with van der Waals surface area (Å²) >= 11 is 5.90. The fourth-order valence-corrected chi connectivity index (χ4v) is 3.52. The molecule has 0 atom stereocenters. The number of rotatable bonds is 5. The van der Waals surface area contributed by atoms with E-state index in [1.54, 1.807) is 6.07 Å². The number of halogens is 1. The number of hydrogen-bond donors (Lipinski definition) is 2. The maximum atomic E-state index is 12.4. The quantitative estimate of drug-likeness (QED) is 0.704. The van der Waals surface area contributed by atoms with Crippen molar-refractivity contribution in [2.75, 3.05) is 18.4 Å². The first-order chi connectivity index (χ1) is 13.2. The molecule has 2 aromatic heterocycles. The highest BCUT2D eigenvalue weighted by atomic mass is 35.5. The molecule has 0 amide bonds. The molecule has 3 aromatic rings. The van der Waals surface area contributed by atoms with Crippen molar-refractivity contribution >= 4 is 23.3 Å². The van der Waals surface area contributed by atoms with E-state index < -0.39 is 0 Å². The molecular weight excluding hydrogens is 364 g/mol. The third-order valence-electron chi connectivity index (χ3n) is 4.84. The molecule has 1 aromatic carbocycles. The minimum Gasteiger partial charge on any atom is -0.351 e. The number of anilines is 1. The van der Waals surface area contributed by atoms with E-state index in [0.29, 0.717) is 29.8 Å².